The summed E-state index contributed by atoms with van der Waals surface area (Å²) in [7, 11) is -3.40. The van der Waals surface area contributed by atoms with Crippen molar-refractivity contribution in [2.75, 3.05) is 5.75 Å². The summed E-state index contributed by atoms with van der Waals surface area (Å²) in [6, 6.07) is 7.25. The van der Waals surface area contributed by atoms with Crippen LogP contribution in [0.1, 0.15) is 41.3 Å². The van der Waals surface area contributed by atoms with Crippen LogP contribution in [0.3, 0.4) is 0 Å². The van der Waals surface area contributed by atoms with E-state index < -0.39 is 15.9 Å². The fourth-order valence-electron chi connectivity index (χ4n) is 2.15. The zero-order valence-electron chi connectivity index (χ0n) is 12.8. The minimum Gasteiger partial charge on any atom is -0.387 e. The standard InChI is InChI=1S/C16H21NO3S2/c1-3-4-16-17-14(9-21-16)10-22(19,20)11-15(18)13-7-5-12(2)6-8-13/h5-9,15,18H,3-4,10-11H2,1-2H3. The molecular formula is C16H21NO3S2. The van der Waals surface area contributed by atoms with Gasteiger partial charge in [0, 0.05) is 5.38 Å². The van der Waals surface area contributed by atoms with Gasteiger partial charge in [-0.1, -0.05) is 36.8 Å². The molecule has 0 saturated heterocycles. The zero-order chi connectivity index (χ0) is 16.2. The molecule has 2 rings (SSSR count). The molecule has 4 nitrogen and oxygen atoms in total. The van der Waals surface area contributed by atoms with Gasteiger partial charge < -0.3 is 5.11 Å². The number of aliphatic hydroxyl groups is 1. The summed E-state index contributed by atoms with van der Waals surface area (Å²) in [6.07, 6.45) is 0.863. The quantitative estimate of drug-likeness (QED) is 0.842. The molecule has 120 valence electrons. The Morgan fingerprint density at radius 3 is 2.59 bits per heavy atom. The lowest BCUT2D eigenvalue weighted by Gasteiger charge is -2.11. The molecule has 1 unspecified atom stereocenters. The van der Waals surface area contributed by atoms with Crippen LogP contribution >= 0.6 is 11.3 Å². The monoisotopic (exact) mass is 339 g/mol. The highest BCUT2D eigenvalue weighted by Gasteiger charge is 2.20. The summed E-state index contributed by atoms with van der Waals surface area (Å²) in [5.74, 6) is -0.396. The Kier molecular flexibility index (Phi) is 5.72. The van der Waals surface area contributed by atoms with Crippen LogP contribution in [0, 0.1) is 6.92 Å². The maximum Gasteiger partial charge on any atom is 0.158 e. The average Bonchev–Trinajstić information content (AvgIpc) is 2.85. The lowest BCUT2D eigenvalue weighted by atomic mass is 10.1. The summed E-state index contributed by atoms with van der Waals surface area (Å²) >= 11 is 1.49. The van der Waals surface area contributed by atoms with Crippen molar-refractivity contribution in [3.05, 3.63) is 51.5 Å². The summed E-state index contributed by atoms with van der Waals surface area (Å²) in [4.78, 5) is 4.33. The van der Waals surface area contributed by atoms with E-state index in [4.69, 9.17) is 0 Å². The SMILES string of the molecule is CCCc1nc(CS(=O)(=O)CC(O)c2ccc(C)cc2)cs1. The first kappa shape index (κ1) is 17.1. The average molecular weight is 339 g/mol. The molecule has 1 aromatic heterocycles. The smallest absolute Gasteiger partial charge is 0.158 e. The van der Waals surface area contributed by atoms with Crippen molar-refractivity contribution in [2.45, 2.75) is 38.5 Å². The summed E-state index contributed by atoms with van der Waals surface area (Å²) in [6.45, 7) is 4.01. The van der Waals surface area contributed by atoms with Gasteiger partial charge in [0.25, 0.3) is 0 Å². The molecule has 0 aliphatic rings. The normalized spacial score (nSPS) is 13.2. The number of nitrogens with zero attached hydrogens (tertiary/aromatic N) is 1. The lowest BCUT2D eigenvalue weighted by molar-refractivity contribution is 0.201. The molecule has 1 heterocycles. The van der Waals surface area contributed by atoms with Crippen molar-refractivity contribution in [1.29, 1.82) is 0 Å². The van der Waals surface area contributed by atoms with E-state index in [0.717, 1.165) is 23.4 Å². The number of hydrogen-bond donors (Lipinski definition) is 1. The first-order valence-electron chi connectivity index (χ1n) is 7.28. The predicted molar refractivity (Wildman–Crippen MR) is 89.7 cm³/mol. The number of aryl methyl sites for hydroxylation is 2. The number of thiazole rings is 1. The van der Waals surface area contributed by atoms with Crippen molar-refractivity contribution in [3.8, 4) is 0 Å². The molecule has 0 radical (unpaired) electrons. The van der Waals surface area contributed by atoms with E-state index in [2.05, 4.69) is 11.9 Å². The number of hydrogen-bond acceptors (Lipinski definition) is 5. The van der Waals surface area contributed by atoms with Crippen LogP contribution in [-0.4, -0.2) is 24.3 Å². The van der Waals surface area contributed by atoms with Crippen LogP contribution in [0.4, 0.5) is 0 Å². The molecule has 0 amide bonds. The Labute approximate surface area is 135 Å². The van der Waals surface area contributed by atoms with Gasteiger partial charge in [-0.05, 0) is 25.3 Å². The molecule has 0 spiro atoms. The van der Waals surface area contributed by atoms with Crippen molar-refractivity contribution in [1.82, 2.24) is 4.98 Å². The van der Waals surface area contributed by atoms with Gasteiger partial charge in [0.2, 0.25) is 0 Å². The maximum absolute atomic E-state index is 12.2. The Hall–Kier alpha value is -1.24. The molecule has 0 fully saturated rings. The van der Waals surface area contributed by atoms with Crippen molar-refractivity contribution in [3.63, 3.8) is 0 Å². The van der Waals surface area contributed by atoms with E-state index in [1.807, 2.05) is 19.1 Å². The van der Waals surface area contributed by atoms with E-state index in [1.165, 1.54) is 11.3 Å². The van der Waals surface area contributed by atoms with Crippen LogP contribution in [0.5, 0.6) is 0 Å². The summed E-state index contributed by atoms with van der Waals surface area (Å²) in [5.41, 5.74) is 2.27. The molecule has 2 aromatic rings. The number of aliphatic hydroxyl groups excluding tert-OH is 1. The Balaban J connectivity index is 2.01. The Morgan fingerprint density at radius 2 is 1.95 bits per heavy atom. The van der Waals surface area contributed by atoms with Gasteiger partial charge in [0.05, 0.1) is 28.3 Å². The number of sulfone groups is 1. The predicted octanol–water partition coefficient (Wildman–Crippen LogP) is 3.05. The third-order valence-electron chi connectivity index (χ3n) is 3.30. The van der Waals surface area contributed by atoms with Crippen LogP contribution in [0.15, 0.2) is 29.6 Å². The molecule has 1 atom stereocenters. The number of rotatable bonds is 7. The minimum absolute atomic E-state index is 0.115. The largest absolute Gasteiger partial charge is 0.387 e. The molecule has 0 bridgehead atoms. The van der Waals surface area contributed by atoms with Crippen LogP contribution in [0.25, 0.3) is 0 Å². The van der Waals surface area contributed by atoms with Crippen LogP contribution in [0.2, 0.25) is 0 Å². The molecular weight excluding hydrogens is 318 g/mol. The van der Waals surface area contributed by atoms with E-state index in [-0.39, 0.29) is 11.5 Å². The molecule has 22 heavy (non-hydrogen) atoms. The Bertz CT molecular complexity index is 705. The van der Waals surface area contributed by atoms with Crippen molar-refractivity contribution >= 4 is 21.2 Å². The second-order valence-electron chi connectivity index (χ2n) is 5.46. The third-order valence-corrected chi connectivity index (χ3v) is 5.82. The first-order chi connectivity index (χ1) is 10.4. The van der Waals surface area contributed by atoms with Gasteiger partial charge in [-0.2, -0.15) is 0 Å². The van der Waals surface area contributed by atoms with E-state index in [0.29, 0.717) is 11.3 Å². The van der Waals surface area contributed by atoms with E-state index in [9.17, 15) is 13.5 Å². The van der Waals surface area contributed by atoms with Crippen molar-refractivity contribution < 1.29 is 13.5 Å². The highest BCUT2D eigenvalue weighted by molar-refractivity contribution is 7.90. The fraction of sp³-hybridized carbons (Fsp3) is 0.438. The summed E-state index contributed by atoms with van der Waals surface area (Å²) < 4.78 is 24.4. The van der Waals surface area contributed by atoms with Gasteiger partial charge in [0.1, 0.15) is 0 Å². The zero-order valence-corrected chi connectivity index (χ0v) is 14.5. The fourth-order valence-corrected chi connectivity index (χ4v) is 4.55. The van der Waals surface area contributed by atoms with Gasteiger partial charge in [0.15, 0.2) is 9.84 Å². The van der Waals surface area contributed by atoms with Gasteiger partial charge in [-0.15, -0.1) is 11.3 Å². The second kappa shape index (κ2) is 7.35. The number of aromatic nitrogens is 1. The van der Waals surface area contributed by atoms with Gasteiger partial charge >= 0.3 is 0 Å². The first-order valence-corrected chi connectivity index (χ1v) is 9.98. The highest BCUT2D eigenvalue weighted by Crippen LogP contribution is 2.19. The van der Waals surface area contributed by atoms with Crippen molar-refractivity contribution in [2.24, 2.45) is 0 Å². The van der Waals surface area contributed by atoms with Crippen LogP contribution in [-0.2, 0) is 22.0 Å². The van der Waals surface area contributed by atoms with E-state index >= 15 is 0 Å². The van der Waals surface area contributed by atoms with E-state index in [1.54, 1.807) is 17.5 Å². The molecule has 1 aromatic carbocycles. The topological polar surface area (TPSA) is 67.3 Å². The molecule has 6 heteroatoms. The summed E-state index contributed by atoms with van der Waals surface area (Å²) in [5, 5.41) is 12.9. The molecule has 0 aliphatic carbocycles. The molecule has 1 N–H and O–H groups in total. The molecule has 0 saturated carbocycles. The lowest BCUT2D eigenvalue weighted by Crippen LogP contribution is -2.16. The minimum atomic E-state index is -3.40. The molecule has 0 aliphatic heterocycles. The number of benzene rings is 1. The maximum atomic E-state index is 12.2. The van der Waals surface area contributed by atoms with Crippen LogP contribution < -0.4 is 0 Å². The van der Waals surface area contributed by atoms with Gasteiger partial charge in [-0.25, -0.2) is 13.4 Å². The second-order valence-corrected chi connectivity index (χ2v) is 8.52. The third kappa shape index (κ3) is 4.90. The highest BCUT2D eigenvalue weighted by atomic mass is 32.2. The van der Waals surface area contributed by atoms with Gasteiger partial charge in [-0.3, -0.25) is 0 Å². The Morgan fingerprint density at radius 1 is 1.27 bits per heavy atom.